The van der Waals surface area contributed by atoms with Gasteiger partial charge in [0.2, 0.25) is 0 Å². The zero-order valence-electron chi connectivity index (χ0n) is 17.5. The first kappa shape index (κ1) is 20.7. The van der Waals surface area contributed by atoms with E-state index in [0.717, 1.165) is 27.1 Å². The van der Waals surface area contributed by atoms with E-state index < -0.39 is 11.7 Å². The lowest BCUT2D eigenvalue weighted by Crippen LogP contribution is -2.18. The van der Waals surface area contributed by atoms with Gasteiger partial charge in [-0.25, -0.2) is 0 Å². The molecular weight excluding hydrogens is 384 g/mol. The van der Waals surface area contributed by atoms with Crippen molar-refractivity contribution in [2.45, 2.75) is 32.1 Å². The second-order valence-corrected chi connectivity index (χ2v) is 7.75. The smallest absolute Gasteiger partial charge is 0.198 e. The van der Waals surface area contributed by atoms with Crippen LogP contribution in [0.3, 0.4) is 0 Å². The fourth-order valence-electron chi connectivity index (χ4n) is 4.22. The fourth-order valence-corrected chi connectivity index (χ4v) is 4.22. The number of benzene rings is 4. The van der Waals surface area contributed by atoms with Crippen LogP contribution in [-0.4, -0.2) is 17.3 Å². The number of fused-ring (bicyclic) bond motifs is 2. The van der Waals surface area contributed by atoms with E-state index in [0.29, 0.717) is 12.0 Å². The molecule has 0 amide bonds. The van der Waals surface area contributed by atoms with Gasteiger partial charge in [-0.3, -0.25) is 14.4 Å². The Kier molecular flexibility index (Phi) is 6.03. The molecule has 31 heavy (non-hydrogen) atoms. The summed E-state index contributed by atoms with van der Waals surface area (Å²) < 4.78 is 0. The number of carbonyl (C=O) groups excluding carboxylic acids is 3. The van der Waals surface area contributed by atoms with E-state index >= 15 is 0 Å². The Balaban J connectivity index is 1.81. The van der Waals surface area contributed by atoms with Crippen LogP contribution in [0, 0.1) is 0 Å². The average Bonchev–Trinajstić information content (AvgIpc) is 2.83. The normalized spacial score (nSPS) is 12.0. The minimum atomic E-state index is -0.509. The highest BCUT2D eigenvalue weighted by molar-refractivity contribution is 6.37. The molecular formula is C28H24O3. The van der Waals surface area contributed by atoms with Gasteiger partial charge in [0.05, 0.1) is 0 Å². The molecule has 3 heteroatoms. The number of Topliss-reactive ketones (excluding diaryl/α,β-unsaturated/α-hetero) is 3. The molecule has 0 heterocycles. The van der Waals surface area contributed by atoms with Crippen LogP contribution in [0.2, 0.25) is 0 Å². The van der Waals surface area contributed by atoms with E-state index in [2.05, 4.69) is 0 Å². The summed E-state index contributed by atoms with van der Waals surface area (Å²) in [4.78, 5) is 38.0. The van der Waals surface area contributed by atoms with Crippen LogP contribution < -0.4 is 0 Å². The Morgan fingerprint density at radius 1 is 0.677 bits per heavy atom. The summed E-state index contributed by atoms with van der Waals surface area (Å²) in [6.45, 7) is 1.68. The molecule has 4 rings (SSSR count). The van der Waals surface area contributed by atoms with Crippen molar-refractivity contribution in [1.29, 1.82) is 0 Å². The van der Waals surface area contributed by atoms with E-state index in [-0.39, 0.29) is 24.4 Å². The summed E-state index contributed by atoms with van der Waals surface area (Å²) in [7, 11) is 0. The lowest BCUT2D eigenvalue weighted by molar-refractivity contribution is -0.136. The second-order valence-electron chi connectivity index (χ2n) is 7.75. The molecule has 0 saturated carbocycles. The molecule has 3 nitrogen and oxygen atoms in total. The molecule has 0 aliphatic rings. The van der Waals surface area contributed by atoms with Gasteiger partial charge in [-0.15, -0.1) is 0 Å². The summed E-state index contributed by atoms with van der Waals surface area (Å²) >= 11 is 0. The highest BCUT2D eigenvalue weighted by atomic mass is 16.2. The van der Waals surface area contributed by atoms with Gasteiger partial charge in [-0.2, -0.15) is 0 Å². The molecule has 4 aromatic carbocycles. The summed E-state index contributed by atoms with van der Waals surface area (Å²) in [5.41, 5.74) is 1.54. The van der Waals surface area contributed by atoms with Gasteiger partial charge in [0.15, 0.2) is 17.3 Å². The van der Waals surface area contributed by atoms with Gasteiger partial charge in [0.25, 0.3) is 0 Å². The molecule has 154 valence electrons. The summed E-state index contributed by atoms with van der Waals surface area (Å²) in [5, 5.41) is 3.95. The molecule has 0 N–H and O–H groups in total. The van der Waals surface area contributed by atoms with Gasteiger partial charge in [0.1, 0.15) is 0 Å². The maximum Gasteiger partial charge on any atom is 0.198 e. The molecule has 0 spiro atoms. The molecule has 0 radical (unpaired) electrons. The average molecular weight is 408 g/mol. The van der Waals surface area contributed by atoms with E-state index in [1.807, 2.05) is 84.9 Å². The maximum absolute atomic E-state index is 13.9. The second kappa shape index (κ2) is 9.05. The van der Waals surface area contributed by atoms with Crippen LogP contribution in [-0.2, 0) is 9.59 Å². The first-order valence-corrected chi connectivity index (χ1v) is 10.7. The highest BCUT2D eigenvalue weighted by Crippen LogP contribution is 2.33. The maximum atomic E-state index is 13.9. The Hall–Kier alpha value is -3.59. The molecule has 0 aromatic heterocycles. The van der Waals surface area contributed by atoms with Crippen LogP contribution in [0.15, 0.2) is 84.9 Å². The number of hydrogen-bond acceptors (Lipinski definition) is 3. The van der Waals surface area contributed by atoms with E-state index in [9.17, 15) is 14.4 Å². The van der Waals surface area contributed by atoms with Crippen molar-refractivity contribution >= 4 is 38.9 Å². The van der Waals surface area contributed by atoms with Crippen molar-refractivity contribution in [1.82, 2.24) is 0 Å². The van der Waals surface area contributed by atoms with Gasteiger partial charge >= 0.3 is 0 Å². The standard InChI is InChI=1S/C28H24O3/c1-2-26(29)27(30)18-17-25(23-15-7-11-19-9-3-5-13-21(19)23)28(31)24-16-8-12-20-10-4-6-14-22(20)24/h3-16,25H,2,17-18H2,1H3. The van der Waals surface area contributed by atoms with Crippen molar-refractivity contribution in [3.8, 4) is 0 Å². The molecule has 0 bridgehead atoms. The van der Waals surface area contributed by atoms with Crippen molar-refractivity contribution in [2.75, 3.05) is 0 Å². The third-order valence-electron chi connectivity index (χ3n) is 5.86. The lowest BCUT2D eigenvalue weighted by Gasteiger charge is -2.19. The summed E-state index contributed by atoms with van der Waals surface area (Å²) in [6.07, 6.45) is 0.562. The van der Waals surface area contributed by atoms with Gasteiger partial charge < -0.3 is 0 Å². The zero-order chi connectivity index (χ0) is 21.8. The third-order valence-corrected chi connectivity index (χ3v) is 5.86. The largest absolute Gasteiger partial charge is 0.293 e. The Bertz CT molecular complexity index is 1280. The fraction of sp³-hybridized carbons (Fsp3) is 0.179. The number of ketones is 3. The molecule has 0 saturated heterocycles. The van der Waals surface area contributed by atoms with Crippen LogP contribution in [0.5, 0.6) is 0 Å². The van der Waals surface area contributed by atoms with Gasteiger partial charge in [-0.05, 0) is 33.5 Å². The zero-order valence-corrected chi connectivity index (χ0v) is 17.5. The SMILES string of the molecule is CCC(=O)C(=O)CCC(C(=O)c1cccc2ccccc12)c1cccc2ccccc12. The van der Waals surface area contributed by atoms with Crippen molar-refractivity contribution in [2.24, 2.45) is 0 Å². The van der Waals surface area contributed by atoms with Crippen molar-refractivity contribution < 1.29 is 14.4 Å². The van der Waals surface area contributed by atoms with Crippen LogP contribution in [0.25, 0.3) is 21.5 Å². The molecule has 4 aromatic rings. The molecule has 1 unspecified atom stereocenters. The van der Waals surface area contributed by atoms with Gasteiger partial charge in [0, 0.05) is 24.3 Å². The predicted molar refractivity (Wildman–Crippen MR) is 125 cm³/mol. The van der Waals surface area contributed by atoms with Crippen LogP contribution >= 0.6 is 0 Å². The summed E-state index contributed by atoms with van der Waals surface area (Å²) in [5.74, 6) is -1.32. The Labute approximate surface area is 181 Å². The first-order chi connectivity index (χ1) is 15.1. The van der Waals surface area contributed by atoms with E-state index in [1.54, 1.807) is 6.92 Å². The highest BCUT2D eigenvalue weighted by Gasteiger charge is 2.26. The summed E-state index contributed by atoms with van der Waals surface area (Å²) in [6, 6.07) is 27.4. The minimum Gasteiger partial charge on any atom is -0.293 e. The minimum absolute atomic E-state index is 0.0232. The molecule has 0 aliphatic heterocycles. The predicted octanol–water partition coefficient (Wildman–Crippen LogP) is 6.29. The molecule has 0 fully saturated rings. The topological polar surface area (TPSA) is 51.2 Å². The Morgan fingerprint density at radius 3 is 1.97 bits per heavy atom. The van der Waals surface area contributed by atoms with E-state index in [4.69, 9.17) is 0 Å². The Morgan fingerprint density at radius 2 is 1.26 bits per heavy atom. The van der Waals surface area contributed by atoms with Crippen molar-refractivity contribution in [3.63, 3.8) is 0 Å². The number of rotatable bonds is 8. The molecule has 0 aliphatic carbocycles. The molecule has 1 atom stereocenters. The van der Waals surface area contributed by atoms with Gasteiger partial charge in [-0.1, -0.05) is 91.9 Å². The third kappa shape index (κ3) is 4.17. The van der Waals surface area contributed by atoms with Crippen molar-refractivity contribution in [3.05, 3.63) is 96.1 Å². The monoisotopic (exact) mass is 408 g/mol. The van der Waals surface area contributed by atoms with E-state index in [1.165, 1.54) is 0 Å². The number of carbonyl (C=O) groups is 3. The lowest BCUT2D eigenvalue weighted by atomic mass is 9.82. The quantitative estimate of drug-likeness (QED) is 0.254. The number of hydrogen-bond donors (Lipinski definition) is 0. The van der Waals surface area contributed by atoms with Crippen LogP contribution in [0.4, 0.5) is 0 Å². The van der Waals surface area contributed by atoms with Crippen LogP contribution in [0.1, 0.15) is 48.0 Å². The first-order valence-electron chi connectivity index (χ1n) is 10.7.